The van der Waals surface area contributed by atoms with Gasteiger partial charge in [0.25, 0.3) is 0 Å². The van der Waals surface area contributed by atoms with E-state index < -0.39 is 0 Å². The van der Waals surface area contributed by atoms with E-state index in [9.17, 15) is 4.79 Å². The Bertz CT molecular complexity index is 547. The molecular weight excluding hydrogens is 182 g/mol. The highest BCUT2D eigenvalue weighted by atomic mass is 16.2. The first kappa shape index (κ1) is 8.31. The molecule has 2 N–H and O–H groups in total. The van der Waals surface area contributed by atoms with E-state index in [1.165, 1.54) is 4.52 Å². The lowest BCUT2D eigenvalue weighted by atomic mass is 10.5. The Morgan fingerprint density at radius 3 is 3.29 bits per heavy atom. The summed E-state index contributed by atoms with van der Waals surface area (Å²) >= 11 is 0. The Kier molecular flexibility index (Phi) is 1.91. The van der Waals surface area contributed by atoms with Crippen molar-refractivity contribution in [3.63, 3.8) is 0 Å². The number of terminal acetylenes is 1. The van der Waals surface area contributed by atoms with Crippen LogP contribution in [0.2, 0.25) is 0 Å². The van der Waals surface area contributed by atoms with Gasteiger partial charge in [0.05, 0.1) is 6.54 Å². The molecule has 2 heterocycles. The number of H-pyrrole nitrogens is 1. The maximum atomic E-state index is 11.1. The number of hydrogen-bond donors (Lipinski definition) is 2. The molecule has 0 saturated heterocycles. The van der Waals surface area contributed by atoms with Gasteiger partial charge in [-0.1, -0.05) is 5.92 Å². The van der Waals surface area contributed by atoms with Crippen LogP contribution in [-0.4, -0.2) is 26.4 Å². The van der Waals surface area contributed by atoms with Gasteiger partial charge in [0, 0.05) is 0 Å². The lowest BCUT2D eigenvalue weighted by molar-refractivity contribution is 0.881. The normalized spacial score (nSPS) is 9.93. The molecule has 0 spiro atoms. The molecule has 0 aliphatic carbocycles. The minimum atomic E-state index is -0.371. The number of fused-ring (bicyclic) bond motifs is 1. The molecule has 0 saturated carbocycles. The molecule has 0 unspecified atom stereocenters. The molecule has 6 nitrogen and oxygen atoms in total. The molecule has 0 radical (unpaired) electrons. The summed E-state index contributed by atoms with van der Waals surface area (Å²) in [5.41, 5.74) is 0.102. The zero-order valence-electron chi connectivity index (χ0n) is 7.19. The van der Waals surface area contributed by atoms with Crippen LogP contribution >= 0.6 is 0 Å². The highest BCUT2D eigenvalue weighted by molar-refractivity contribution is 5.43. The van der Waals surface area contributed by atoms with Crippen molar-refractivity contribution in [2.45, 2.75) is 0 Å². The van der Waals surface area contributed by atoms with Crippen molar-refractivity contribution < 1.29 is 0 Å². The monoisotopic (exact) mass is 189 g/mol. The van der Waals surface area contributed by atoms with Crippen molar-refractivity contribution in [3.8, 4) is 12.3 Å². The first-order valence-corrected chi connectivity index (χ1v) is 3.93. The van der Waals surface area contributed by atoms with Crippen LogP contribution in [-0.2, 0) is 0 Å². The van der Waals surface area contributed by atoms with Gasteiger partial charge >= 0.3 is 5.69 Å². The predicted molar refractivity (Wildman–Crippen MR) is 50.9 cm³/mol. The van der Waals surface area contributed by atoms with E-state index in [0.717, 1.165) is 0 Å². The second-order valence-electron chi connectivity index (χ2n) is 2.58. The van der Waals surface area contributed by atoms with Crippen LogP contribution in [0.4, 0.5) is 5.82 Å². The van der Waals surface area contributed by atoms with Crippen molar-refractivity contribution in [2.75, 3.05) is 11.9 Å². The zero-order chi connectivity index (χ0) is 9.97. The molecule has 0 aliphatic heterocycles. The summed E-state index contributed by atoms with van der Waals surface area (Å²) in [6.07, 6.45) is 5.07. The summed E-state index contributed by atoms with van der Waals surface area (Å²) < 4.78 is 1.17. The van der Waals surface area contributed by atoms with E-state index >= 15 is 0 Å². The van der Waals surface area contributed by atoms with Crippen LogP contribution in [0.1, 0.15) is 0 Å². The number of aromatic amines is 1. The number of rotatable bonds is 2. The van der Waals surface area contributed by atoms with Gasteiger partial charge in [0.1, 0.15) is 5.82 Å². The van der Waals surface area contributed by atoms with Crippen LogP contribution < -0.4 is 11.0 Å². The maximum Gasteiger partial charge on any atom is 0.364 e. The summed E-state index contributed by atoms with van der Waals surface area (Å²) in [7, 11) is 0. The Hall–Kier alpha value is -2.29. The molecule has 0 aromatic carbocycles. The largest absolute Gasteiger partial charge is 0.364 e. The Balaban J connectivity index is 2.45. The molecule has 6 heteroatoms. The van der Waals surface area contributed by atoms with E-state index in [2.05, 4.69) is 26.5 Å². The molecule has 2 aromatic rings. The molecule has 2 rings (SSSR count). The van der Waals surface area contributed by atoms with Crippen molar-refractivity contribution in [1.82, 2.24) is 19.8 Å². The van der Waals surface area contributed by atoms with E-state index in [0.29, 0.717) is 18.0 Å². The average Bonchev–Trinajstić information content (AvgIpc) is 2.57. The highest BCUT2D eigenvalue weighted by Crippen LogP contribution is 2.01. The second kappa shape index (κ2) is 3.22. The third-order valence-electron chi connectivity index (χ3n) is 1.65. The van der Waals surface area contributed by atoms with Crippen LogP contribution in [0, 0.1) is 12.3 Å². The van der Waals surface area contributed by atoms with E-state index in [-0.39, 0.29) is 5.69 Å². The topological polar surface area (TPSA) is 75.1 Å². The number of nitrogens with one attached hydrogen (secondary N) is 2. The van der Waals surface area contributed by atoms with Crippen LogP contribution in [0.3, 0.4) is 0 Å². The number of nitrogens with zero attached hydrogens (tertiary/aromatic N) is 3. The first-order chi connectivity index (χ1) is 6.81. The SMILES string of the molecule is C#CCNc1ccc2n[nH]c(=O)n2n1. The van der Waals surface area contributed by atoms with E-state index in [1.807, 2.05) is 0 Å². The average molecular weight is 189 g/mol. The first-order valence-electron chi connectivity index (χ1n) is 3.93. The standard InChI is InChI=1S/C8H7N5O/c1-2-5-9-6-3-4-7-10-11-8(14)13(7)12-6/h1,3-4H,5H2,(H,9,12)(H,11,14). The van der Waals surface area contributed by atoms with Crippen molar-refractivity contribution in [3.05, 3.63) is 22.6 Å². The fourth-order valence-corrected chi connectivity index (χ4v) is 1.04. The number of aromatic nitrogens is 4. The Labute approximate surface area is 79.0 Å². The Morgan fingerprint density at radius 2 is 2.50 bits per heavy atom. The summed E-state index contributed by atoms with van der Waals surface area (Å²) in [4.78, 5) is 11.1. The van der Waals surface area contributed by atoms with E-state index in [4.69, 9.17) is 6.42 Å². The number of hydrogen-bond acceptors (Lipinski definition) is 4. The van der Waals surface area contributed by atoms with Gasteiger partial charge in [-0.25, -0.2) is 9.89 Å². The highest BCUT2D eigenvalue weighted by Gasteiger charge is 2.00. The molecule has 14 heavy (non-hydrogen) atoms. The quantitative estimate of drug-likeness (QED) is 0.622. The number of anilines is 1. The molecule has 0 amide bonds. The molecule has 0 aliphatic rings. The van der Waals surface area contributed by atoms with Gasteiger partial charge in [-0.3, -0.25) is 0 Å². The molecule has 0 fully saturated rings. The maximum absolute atomic E-state index is 11.1. The van der Waals surface area contributed by atoms with Gasteiger partial charge in [0.2, 0.25) is 0 Å². The molecular formula is C8H7N5O. The van der Waals surface area contributed by atoms with Gasteiger partial charge in [0.15, 0.2) is 5.65 Å². The second-order valence-corrected chi connectivity index (χ2v) is 2.58. The third kappa shape index (κ3) is 1.31. The summed E-state index contributed by atoms with van der Waals surface area (Å²) in [5, 5.41) is 12.9. The molecule has 0 atom stereocenters. The minimum Gasteiger partial charge on any atom is -0.358 e. The predicted octanol–water partition coefficient (Wildman–Crippen LogP) is -0.537. The van der Waals surface area contributed by atoms with E-state index in [1.54, 1.807) is 12.1 Å². The summed E-state index contributed by atoms with van der Waals surface area (Å²) in [6.45, 7) is 0.366. The van der Waals surface area contributed by atoms with Crippen LogP contribution in [0.15, 0.2) is 16.9 Å². The summed E-state index contributed by atoms with van der Waals surface area (Å²) in [6, 6.07) is 3.37. The summed E-state index contributed by atoms with van der Waals surface area (Å²) in [5.74, 6) is 2.95. The fourth-order valence-electron chi connectivity index (χ4n) is 1.04. The van der Waals surface area contributed by atoms with Gasteiger partial charge < -0.3 is 5.32 Å². The van der Waals surface area contributed by atoms with Crippen LogP contribution in [0.5, 0.6) is 0 Å². The third-order valence-corrected chi connectivity index (χ3v) is 1.65. The lowest BCUT2D eigenvalue weighted by Crippen LogP contribution is -2.14. The van der Waals surface area contributed by atoms with Crippen molar-refractivity contribution in [1.29, 1.82) is 0 Å². The Morgan fingerprint density at radius 1 is 1.64 bits per heavy atom. The molecule has 70 valence electrons. The van der Waals surface area contributed by atoms with Crippen molar-refractivity contribution >= 4 is 11.5 Å². The van der Waals surface area contributed by atoms with Crippen LogP contribution in [0.25, 0.3) is 5.65 Å². The van der Waals surface area contributed by atoms with Gasteiger partial charge in [-0.15, -0.1) is 11.5 Å². The van der Waals surface area contributed by atoms with Gasteiger partial charge in [-0.2, -0.15) is 9.61 Å². The molecule has 2 aromatic heterocycles. The zero-order valence-corrected chi connectivity index (χ0v) is 7.19. The molecule has 0 bridgehead atoms. The van der Waals surface area contributed by atoms with Crippen molar-refractivity contribution in [2.24, 2.45) is 0 Å². The minimum absolute atomic E-state index is 0.366. The lowest BCUT2D eigenvalue weighted by Gasteiger charge is -1.99. The fraction of sp³-hybridized carbons (Fsp3) is 0.125. The smallest absolute Gasteiger partial charge is 0.358 e. The van der Waals surface area contributed by atoms with Gasteiger partial charge in [-0.05, 0) is 12.1 Å².